The van der Waals surface area contributed by atoms with E-state index in [-0.39, 0.29) is 21.2 Å². The van der Waals surface area contributed by atoms with Crippen LogP contribution in [0.3, 0.4) is 0 Å². The second kappa shape index (κ2) is 8.75. The minimum absolute atomic E-state index is 0.0209. The summed E-state index contributed by atoms with van der Waals surface area (Å²) in [6.07, 6.45) is 0. The number of amides is 1. The summed E-state index contributed by atoms with van der Waals surface area (Å²) in [5, 5.41) is 13.5. The van der Waals surface area contributed by atoms with Crippen molar-refractivity contribution in [2.45, 2.75) is 18.7 Å². The first kappa shape index (κ1) is 22.3. The number of nitro groups is 1. The van der Waals surface area contributed by atoms with Gasteiger partial charge in [-0.3, -0.25) is 19.6 Å². The number of anilines is 2. The van der Waals surface area contributed by atoms with Gasteiger partial charge in [0.1, 0.15) is 5.02 Å². The zero-order chi connectivity index (χ0) is 22.8. The van der Waals surface area contributed by atoms with Gasteiger partial charge in [-0.05, 0) is 61.9 Å². The molecule has 3 rings (SSSR count). The van der Waals surface area contributed by atoms with E-state index in [1.165, 1.54) is 36.4 Å². The molecule has 0 radical (unpaired) electrons. The summed E-state index contributed by atoms with van der Waals surface area (Å²) in [5.74, 6) is -0.594. The first-order valence-electron chi connectivity index (χ1n) is 9.02. The molecule has 8 nitrogen and oxygen atoms in total. The first-order chi connectivity index (χ1) is 14.6. The second-order valence-electron chi connectivity index (χ2n) is 6.83. The fraction of sp³-hybridized carbons (Fsp3) is 0.0952. The molecule has 31 heavy (non-hydrogen) atoms. The Bertz CT molecular complexity index is 1270. The molecule has 0 saturated heterocycles. The van der Waals surface area contributed by atoms with Crippen molar-refractivity contribution in [2.24, 2.45) is 0 Å². The van der Waals surface area contributed by atoms with E-state index in [2.05, 4.69) is 10.0 Å². The van der Waals surface area contributed by atoms with E-state index in [1.54, 1.807) is 6.07 Å². The minimum atomic E-state index is -3.82. The van der Waals surface area contributed by atoms with Crippen LogP contribution in [-0.4, -0.2) is 19.2 Å². The summed E-state index contributed by atoms with van der Waals surface area (Å²) in [4.78, 5) is 22.7. The van der Waals surface area contributed by atoms with Crippen molar-refractivity contribution in [3.8, 4) is 0 Å². The molecule has 0 aliphatic heterocycles. The van der Waals surface area contributed by atoms with Crippen LogP contribution in [-0.2, 0) is 10.0 Å². The Labute approximate surface area is 184 Å². The summed E-state index contributed by atoms with van der Waals surface area (Å²) < 4.78 is 27.9. The minimum Gasteiger partial charge on any atom is -0.322 e. The maximum atomic E-state index is 12.7. The standard InChI is InChI=1S/C21H18ClN3O5S/c1-13-3-10-19(14(2)11-13)24-31(29,30)17-7-5-16(6-8-17)23-21(26)15-4-9-18(22)20(12-15)25(27)28/h3-12,24H,1-2H3,(H,23,26). The van der Waals surface area contributed by atoms with Gasteiger partial charge in [0.05, 0.1) is 15.5 Å². The number of rotatable bonds is 6. The fourth-order valence-corrected chi connectivity index (χ4v) is 4.16. The molecule has 0 fully saturated rings. The van der Waals surface area contributed by atoms with Crippen LogP contribution in [0.4, 0.5) is 17.1 Å². The summed E-state index contributed by atoms with van der Waals surface area (Å²) >= 11 is 5.76. The maximum Gasteiger partial charge on any atom is 0.288 e. The average Bonchev–Trinajstić information content (AvgIpc) is 2.70. The van der Waals surface area contributed by atoms with Crippen molar-refractivity contribution < 1.29 is 18.1 Å². The number of carbonyl (C=O) groups is 1. The molecule has 0 aliphatic rings. The van der Waals surface area contributed by atoms with Crippen LogP contribution in [0.1, 0.15) is 21.5 Å². The summed E-state index contributed by atoms with van der Waals surface area (Å²) in [5.41, 5.74) is 2.29. The number of sulfonamides is 1. The molecule has 0 heterocycles. The van der Waals surface area contributed by atoms with Crippen molar-refractivity contribution in [3.63, 3.8) is 0 Å². The lowest BCUT2D eigenvalue weighted by Gasteiger charge is -2.12. The third kappa shape index (κ3) is 5.19. The Balaban J connectivity index is 1.76. The third-order valence-corrected chi connectivity index (χ3v) is 6.15. The predicted octanol–water partition coefficient (Wildman–Crippen LogP) is 4.92. The molecule has 0 unspecified atom stereocenters. The number of hydrogen-bond acceptors (Lipinski definition) is 5. The molecule has 2 N–H and O–H groups in total. The Morgan fingerprint density at radius 3 is 2.29 bits per heavy atom. The molecule has 0 aliphatic carbocycles. The van der Waals surface area contributed by atoms with Crippen molar-refractivity contribution in [1.82, 2.24) is 0 Å². The number of carbonyl (C=O) groups excluding carboxylic acids is 1. The highest BCUT2D eigenvalue weighted by Gasteiger charge is 2.18. The number of nitrogens with one attached hydrogen (secondary N) is 2. The largest absolute Gasteiger partial charge is 0.322 e. The summed E-state index contributed by atoms with van der Waals surface area (Å²) in [6, 6.07) is 14.6. The van der Waals surface area contributed by atoms with Crippen LogP contribution >= 0.6 is 11.6 Å². The van der Waals surface area contributed by atoms with Gasteiger partial charge in [-0.25, -0.2) is 8.42 Å². The zero-order valence-electron chi connectivity index (χ0n) is 16.5. The topological polar surface area (TPSA) is 118 Å². The lowest BCUT2D eigenvalue weighted by Crippen LogP contribution is -2.15. The molecule has 3 aromatic rings. The smallest absolute Gasteiger partial charge is 0.288 e. The van der Waals surface area contributed by atoms with Gasteiger partial charge in [0, 0.05) is 17.3 Å². The summed E-state index contributed by atoms with van der Waals surface area (Å²) in [6.45, 7) is 3.73. The highest BCUT2D eigenvalue weighted by molar-refractivity contribution is 7.92. The third-order valence-electron chi connectivity index (χ3n) is 4.45. The molecule has 3 aromatic carbocycles. The molecule has 0 aromatic heterocycles. The van der Waals surface area contributed by atoms with E-state index >= 15 is 0 Å². The maximum absolute atomic E-state index is 12.7. The Morgan fingerprint density at radius 2 is 1.68 bits per heavy atom. The van der Waals surface area contributed by atoms with Gasteiger partial charge in [0.15, 0.2) is 0 Å². The van der Waals surface area contributed by atoms with Crippen molar-refractivity contribution in [2.75, 3.05) is 10.0 Å². The molecule has 1 amide bonds. The first-order valence-corrected chi connectivity index (χ1v) is 10.9. The molecule has 0 bridgehead atoms. The van der Waals surface area contributed by atoms with Gasteiger partial charge in [0.2, 0.25) is 0 Å². The van der Waals surface area contributed by atoms with E-state index in [1.807, 2.05) is 26.0 Å². The van der Waals surface area contributed by atoms with Gasteiger partial charge >= 0.3 is 0 Å². The van der Waals surface area contributed by atoms with Gasteiger partial charge in [-0.15, -0.1) is 0 Å². The summed E-state index contributed by atoms with van der Waals surface area (Å²) in [7, 11) is -3.82. The number of hydrogen-bond donors (Lipinski definition) is 2. The van der Waals surface area contributed by atoms with Gasteiger partial charge in [0.25, 0.3) is 21.6 Å². The fourth-order valence-electron chi connectivity index (χ4n) is 2.85. The average molecular weight is 460 g/mol. The SMILES string of the molecule is Cc1ccc(NS(=O)(=O)c2ccc(NC(=O)c3ccc(Cl)c([N+](=O)[O-])c3)cc2)c(C)c1. The molecule has 0 atom stereocenters. The number of aryl methyl sites for hydroxylation is 2. The molecule has 0 spiro atoms. The molecule has 0 saturated carbocycles. The second-order valence-corrected chi connectivity index (χ2v) is 8.92. The van der Waals surface area contributed by atoms with Crippen LogP contribution in [0.5, 0.6) is 0 Å². The Morgan fingerprint density at radius 1 is 1.00 bits per heavy atom. The van der Waals surface area contributed by atoms with Crippen LogP contribution in [0, 0.1) is 24.0 Å². The van der Waals surface area contributed by atoms with E-state index in [0.29, 0.717) is 11.4 Å². The van der Waals surface area contributed by atoms with Gasteiger partial charge in [-0.2, -0.15) is 0 Å². The normalized spacial score (nSPS) is 11.1. The van der Waals surface area contributed by atoms with Crippen molar-refractivity contribution in [1.29, 1.82) is 0 Å². The van der Waals surface area contributed by atoms with E-state index in [4.69, 9.17) is 11.6 Å². The monoisotopic (exact) mass is 459 g/mol. The highest BCUT2D eigenvalue weighted by Crippen LogP contribution is 2.26. The Kier molecular flexibility index (Phi) is 6.28. The molecular weight excluding hydrogens is 442 g/mol. The van der Waals surface area contributed by atoms with Crippen LogP contribution in [0.2, 0.25) is 5.02 Å². The molecule has 10 heteroatoms. The quantitative estimate of drug-likeness (QED) is 0.400. The number of benzene rings is 3. The Hall–Kier alpha value is -3.43. The number of halogens is 1. The van der Waals surface area contributed by atoms with E-state index in [9.17, 15) is 23.3 Å². The highest BCUT2D eigenvalue weighted by atomic mass is 35.5. The molecule has 160 valence electrons. The van der Waals surface area contributed by atoms with Crippen LogP contribution in [0.25, 0.3) is 0 Å². The van der Waals surface area contributed by atoms with Crippen LogP contribution in [0.15, 0.2) is 65.6 Å². The zero-order valence-corrected chi connectivity index (χ0v) is 18.1. The lowest BCUT2D eigenvalue weighted by molar-refractivity contribution is -0.384. The van der Waals surface area contributed by atoms with Gasteiger partial charge < -0.3 is 5.32 Å². The number of nitrogens with zero attached hydrogens (tertiary/aromatic N) is 1. The van der Waals surface area contributed by atoms with E-state index < -0.39 is 20.9 Å². The van der Waals surface area contributed by atoms with Crippen molar-refractivity contribution in [3.05, 3.63) is 92.5 Å². The van der Waals surface area contributed by atoms with Crippen LogP contribution < -0.4 is 10.0 Å². The lowest BCUT2D eigenvalue weighted by atomic mass is 10.1. The van der Waals surface area contributed by atoms with E-state index in [0.717, 1.165) is 17.2 Å². The van der Waals surface area contributed by atoms with Crippen molar-refractivity contribution >= 4 is 44.6 Å². The predicted molar refractivity (Wildman–Crippen MR) is 119 cm³/mol. The molecular formula is C21H18ClN3O5S. The van der Waals surface area contributed by atoms with Gasteiger partial charge in [-0.1, -0.05) is 29.3 Å². The number of nitro benzene ring substituents is 1.